The molecule has 2 N–H and O–H groups in total. The van der Waals surface area contributed by atoms with Gasteiger partial charge in [0.05, 0.1) is 0 Å². The molecule has 86 valence electrons. The second-order valence-electron chi connectivity index (χ2n) is 3.22. The summed E-state index contributed by atoms with van der Waals surface area (Å²) in [6.07, 6.45) is 1.50. The Morgan fingerprint density at radius 3 is 1.00 bits per heavy atom. The van der Waals surface area contributed by atoms with E-state index in [0.29, 0.717) is 0 Å². The molecule has 4 heteroatoms. The van der Waals surface area contributed by atoms with E-state index in [0.717, 1.165) is 12.2 Å². The fourth-order valence-electron chi connectivity index (χ4n) is 1.10. The lowest BCUT2D eigenvalue weighted by atomic mass is 10.0. The summed E-state index contributed by atoms with van der Waals surface area (Å²) in [4.78, 5) is 16.7. The van der Waals surface area contributed by atoms with Crippen LogP contribution in [0.1, 0.15) is 22.3 Å². The third kappa shape index (κ3) is 7.39. The highest BCUT2D eigenvalue weighted by atomic mass is 16.1. The van der Waals surface area contributed by atoms with Crippen LogP contribution in [0.25, 0.3) is 0 Å². The maximum atomic E-state index is 8.35. The van der Waals surface area contributed by atoms with Crippen molar-refractivity contribution in [2.75, 3.05) is 0 Å². The summed E-state index contributed by atoms with van der Waals surface area (Å²) in [6.45, 7) is 8.62. The molecule has 0 fully saturated rings. The van der Waals surface area contributed by atoms with Crippen molar-refractivity contribution in [3.05, 3.63) is 34.4 Å². The normalized spacial score (nSPS) is 7.25. The molecule has 1 rings (SSSR count). The van der Waals surface area contributed by atoms with Crippen molar-refractivity contribution in [2.24, 2.45) is 0 Å². The van der Waals surface area contributed by atoms with Gasteiger partial charge in [-0.25, -0.2) is 20.4 Å². The first kappa shape index (κ1) is 16.4. The van der Waals surface area contributed by atoms with Gasteiger partial charge in [-0.3, -0.25) is 0 Å². The summed E-state index contributed by atoms with van der Waals surface area (Å²) in [6, 6.07) is 4.48. The summed E-state index contributed by atoms with van der Waals surface area (Å²) in [7, 11) is 0. The molecule has 0 atom stereocenters. The Kier molecular flexibility index (Phi) is 9.78. The second-order valence-corrected chi connectivity index (χ2v) is 3.22. The molecule has 0 saturated carbocycles. The molecule has 0 heterocycles. The van der Waals surface area contributed by atoms with Crippen molar-refractivity contribution in [3.8, 4) is 0 Å². The Balaban J connectivity index is 0. The minimum Gasteiger partial charge on any atom is -0.222 e. The van der Waals surface area contributed by atoms with Gasteiger partial charge in [0.1, 0.15) is 0 Å². The number of hydrogen-bond donors (Lipinski definition) is 2. The number of isocyanates is 2. The zero-order valence-corrected chi connectivity index (χ0v) is 9.97. The van der Waals surface area contributed by atoms with Crippen LogP contribution < -0.4 is 0 Å². The van der Waals surface area contributed by atoms with Gasteiger partial charge < -0.3 is 0 Å². The van der Waals surface area contributed by atoms with E-state index in [2.05, 4.69) is 39.8 Å². The lowest BCUT2D eigenvalue weighted by Gasteiger charge is -2.04. The van der Waals surface area contributed by atoms with Crippen LogP contribution in [0.15, 0.2) is 12.1 Å². The largest absolute Gasteiger partial charge is 0.231 e. The molecular formula is C12H16N2O2. The van der Waals surface area contributed by atoms with Gasteiger partial charge in [0.15, 0.2) is 0 Å². The smallest absolute Gasteiger partial charge is 0.222 e. The van der Waals surface area contributed by atoms with Crippen molar-refractivity contribution in [3.63, 3.8) is 0 Å². The maximum Gasteiger partial charge on any atom is 0.231 e. The number of hydrogen-bond acceptors (Lipinski definition) is 4. The van der Waals surface area contributed by atoms with Gasteiger partial charge in [0.2, 0.25) is 12.2 Å². The van der Waals surface area contributed by atoms with E-state index < -0.39 is 0 Å². The van der Waals surface area contributed by atoms with E-state index in [9.17, 15) is 0 Å². The Morgan fingerprint density at radius 2 is 0.875 bits per heavy atom. The summed E-state index contributed by atoms with van der Waals surface area (Å²) in [5, 5.41) is 10.8. The van der Waals surface area contributed by atoms with Gasteiger partial charge in [0, 0.05) is 0 Å². The Morgan fingerprint density at radius 1 is 0.750 bits per heavy atom. The third-order valence-electron chi connectivity index (χ3n) is 2.11. The summed E-state index contributed by atoms with van der Waals surface area (Å²) >= 11 is 0. The zero-order chi connectivity index (χ0) is 13.1. The molecule has 0 amide bonds. The molecule has 0 aromatic heterocycles. The zero-order valence-electron chi connectivity index (χ0n) is 9.97. The molecule has 4 nitrogen and oxygen atoms in total. The average Bonchev–Trinajstić information content (AvgIpc) is 2.17. The van der Waals surface area contributed by atoms with E-state index in [4.69, 9.17) is 20.4 Å². The standard InChI is InChI=1S/C10H14.2CHNO/c1-7-5-9(3)10(4)6-8(7)2;2*2-1-3/h5-6H,1-4H3;2*2H. The first-order valence-electron chi connectivity index (χ1n) is 4.56. The summed E-state index contributed by atoms with van der Waals surface area (Å²) in [5.74, 6) is 0. The number of aryl methyl sites for hydroxylation is 4. The fraction of sp³-hybridized carbons (Fsp3) is 0.333. The highest BCUT2D eigenvalue weighted by Gasteiger charge is 1.95. The average molecular weight is 220 g/mol. The van der Waals surface area contributed by atoms with Crippen LogP contribution in [0.3, 0.4) is 0 Å². The quantitative estimate of drug-likeness (QED) is 0.520. The van der Waals surface area contributed by atoms with Crippen LogP contribution in [0.5, 0.6) is 0 Å². The van der Waals surface area contributed by atoms with Gasteiger partial charge in [-0.05, 0) is 49.9 Å². The van der Waals surface area contributed by atoms with Crippen molar-refractivity contribution >= 4 is 12.2 Å². The van der Waals surface area contributed by atoms with Crippen LogP contribution in [0.2, 0.25) is 0 Å². The first-order valence-corrected chi connectivity index (χ1v) is 4.56. The van der Waals surface area contributed by atoms with Crippen molar-refractivity contribution in [2.45, 2.75) is 27.7 Å². The van der Waals surface area contributed by atoms with Crippen LogP contribution in [-0.4, -0.2) is 12.2 Å². The molecule has 16 heavy (non-hydrogen) atoms. The van der Waals surface area contributed by atoms with E-state index in [-0.39, 0.29) is 0 Å². The molecule has 0 aliphatic rings. The van der Waals surface area contributed by atoms with Gasteiger partial charge in [-0.2, -0.15) is 0 Å². The maximum absolute atomic E-state index is 8.35. The van der Waals surface area contributed by atoms with Crippen LogP contribution in [-0.2, 0) is 9.59 Å². The summed E-state index contributed by atoms with van der Waals surface area (Å²) < 4.78 is 0. The Labute approximate surface area is 95.3 Å². The SMILES string of the molecule is Cc1cc(C)c(C)cc1C.N=C=O.N=C=O. The highest BCUT2D eigenvalue weighted by Crippen LogP contribution is 2.13. The van der Waals surface area contributed by atoms with Gasteiger partial charge in [-0.1, -0.05) is 12.1 Å². The molecule has 0 aliphatic carbocycles. The minimum absolute atomic E-state index is 0.750. The summed E-state index contributed by atoms with van der Waals surface area (Å²) in [5.41, 5.74) is 5.57. The molecule has 1 aromatic rings. The lowest BCUT2D eigenvalue weighted by molar-refractivity contribution is 0.562. The monoisotopic (exact) mass is 220 g/mol. The van der Waals surface area contributed by atoms with Crippen LogP contribution >= 0.6 is 0 Å². The van der Waals surface area contributed by atoms with Gasteiger partial charge >= 0.3 is 0 Å². The predicted octanol–water partition coefficient (Wildman–Crippen LogP) is 2.72. The van der Waals surface area contributed by atoms with Crippen molar-refractivity contribution < 1.29 is 9.59 Å². The topological polar surface area (TPSA) is 81.8 Å². The molecule has 0 saturated heterocycles. The van der Waals surface area contributed by atoms with Crippen molar-refractivity contribution in [1.29, 1.82) is 10.8 Å². The van der Waals surface area contributed by atoms with Crippen molar-refractivity contribution in [1.82, 2.24) is 0 Å². The molecular weight excluding hydrogens is 204 g/mol. The second kappa shape index (κ2) is 9.53. The third-order valence-corrected chi connectivity index (χ3v) is 2.11. The Bertz CT molecular complexity index is 337. The van der Waals surface area contributed by atoms with Gasteiger partial charge in [0.25, 0.3) is 0 Å². The number of carbonyl (C=O) groups excluding carboxylic acids is 2. The van der Waals surface area contributed by atoms with Crippen LogP contribution in [0, 0.1) is 38.5 Å². The number of nitrogens with one attached hydrogen (secondary N) is 2. The first-order chi connectivity index (χ1) is 7.44. The predicted molar refractivity (Wildman–Crippen MR) is 62.2 cm³/mol. The van der Waals surface area contributed by atoms with E-state index in [1.165, 1.54) is 22.3 Å². The lowest BCUT2D eigenvalue weighted by Crippen LogP contribution is -1.86. The molecule has 1 aromatic carbocycles. The van der Waals surface area contributed by atoms with E-state index in [1.807, 2.05) is 0 Å². The van der Waals surface area contributed by atoms with E-state index in [1.54, 1.807) is 0 Å². The molecule has 0 bridgehead atoms. The number of benzene rings is 1. The molecule has 0 unspecified atom stereocenters. The molecule has 0 aliphatic heterocycles. The number of rotatable bonds is 0. The Hall–Kier alpha value is -2.02. The minimum atomic E-state index is 0.750. The van der Waals surface area contributed by atoms with Crippen LogP contribution in [0.4, 0.5) is 0 Å². The molecule has 0 spiro atoms. The molecule has 0 radical (unpaired) electrons. The van der Waals surface area contributed by atoms with E-state index >= 15 is 0 Å². The fourth-order valence-corrected chi connectivity index (χ4v) is 1.10. The highest BCUT2D eigenvalue weighted by molar-refractivity contribution is 5.35. The van der Waals surface area contributed by atoms with Gasteiger partial charge in [-0.15, -0.1) is 0 Å².